The molecule has 0 bridgehead atoms. The van der Waals surface area contributed by atoms with Gasteiger partial charge >= 0.3 is 116 Å². The molecular weight excluding hydrogens is 489 g/mol. The molecule has 0 fully saturated rings. The van der Waals surface area contributed by atoms with Crippen LogP contribution in [-0.4, -0.2) is 5.29 Å². The zero-order valence-corrected chi connectivity index (χ0v) is 20.7. The van der Waals surface area contributed by atoms with E-state index < -0.39 is 0 Å². The van der Waals surface area contributed by atoms with Crippen molar-refractivity contribution >= 4 is 30.9 Å². The maximum atomic E-state index is 2.35. The molecule has 2 heterocycles. The number of thiophene rings is 1. The van der Waals surface area contributed by atoms with Gasteiger partial charge in [-0.25, -0.2) is 0 Å². The summed E-state index contributed by atoms with van der Waals surface area (Å²) in [6.45, 7) is 4.35. The number of aryl methyl sites for hydroxylation is 1. The predicted octanol–water partition coefficient (Wildman–Crippen LogP) is 0.616. The molecule has 1 aliphatic heterocycles. The van der Waals surface area contributed by atoms with Crippen LogP contribution in [0.15, 0.2) is 74.9 Å². The molecular formula is C22H18Cl2PSZr. The van der Waals surface area contributed by atoms with Crippen molar-refractivity contribution in [3.05, 3.63) is 95.8 Å². The molecule has 0 N–H and O–H groups in total. The second kappa shape index (κ2) is 9.82. The summed E-state index contributed by atoms with van der Waals surface area (Å²) < 4.78 is 1.55. The minimum absolute atomic E-state index is 0. The Hall–Kier alpha value is -0.487. The van der Waals surface area contributed by atoms with Crippen molar-refractivity contribution in [1.29, 1.82) is 0 Å². The van der Waals surface area contributed by atoms with Crippen LogP contribution in [0.1, 0.15) is 33.7 Å². The van der Waals surface area contributed by atoms with Gasteiger partial charge in [-0.3, -0.25) is 0 Å². The maximum absolute atomic E-state index is 2.35. The van der Waals surface area contributed by atoms with E-state index in [0.29, 0.717) is 5.92 Å². The molecule has 1 aromatic heterocycles. The first kappa shape index (κ1) is 22.8. The van der Waals surface area contributed by atoms with Gasteiger partial charge in [-0.05, 0) is 29.9 Å². The van der Waals surface area contributed by atoms with E-state index in [1.54, 1.807) is 3.28 Å². The van der Waals surface area contributed by atoms with Crippen LogP contribution >= 0.6 is 19.5 Å². The van der Waals surface area contributed by atoms with Crippen LogP contribution in [0.25, 0.3) is 6.08 Å². The van der Waals surface area contributed by atoms with E-state index in [9.17, 15) is 0 Å². The topological polar surface area (TPSA) is 0 Å². The van der Waals surface area contributed by atoms with Gasteiger partial charge in [0.05, 0.1) is 0 Å². The summed E-state index contributed by atoms with van der Waals surface area (Å²) in [4.78, 5) is 2.90. The molecule has 0 amide bonds. The molecule has 1 unspecified atom stereocenters. The Morgan fingerprint density at radius 3 is 2.48 bits per heavy atom. The fourth-order valence-electron chi connectivity index (χ4n) is 3.33. The molecule has 2 aliphatic carbocycles. The average Bonchev–Trinajstić information content (AvgIpc) is 3.31. The van der Waals surface area contributed by atoms with Crippen molar-refractivity contribution in [3.8, 4) is 0 Å². The molecule has 2 aromatic rings. The van der Waals surface area contributed by atoms with Gasteiger partial charge < -0.3 is 24.8 Å². The molecule has 0 spiro atoms. The first-order valence-corrected chi connectivity index (χ1v) is 11.3. The fraction of sp³-hybridized carbons (Fsp3) is 0.136. The Labute approximate surface area is 194 Å². The summed E-state index contributed by atoms with van der Waals surface area (Å²) in [5.41, 5.74) is 4.30. The number of hydrogen-bond acceptors (Lipinski definition) is 1. The average molecular weight is 508 g/mol. The minimum atomic E-state index is 0. The van der Waals surface area contributed by atoms with Crippen LogP contribution in [0.4, 0.5) is 0 Å². The predicted molar refractivity (Wildman–Crippen MR) is 108 cm³/mol. The molecule has 3 aliphatic rings. The number of benzene rings is 1. The van der Waals surface area contributed by atoms with E-state index in [4.69, 9.17) is 0 Å². The maximum Gasteiger partial charge on any atom is -1.00 e. The quantitative estimate of drug-likeness (QED) is 0.497. The largest absolute Gasteiger partial charge is 1.00 e. The summed E-state index contributed by atoms with van der Waals surface area (Å²) >= 11 is 3.46. The summed E-state index contributed by atoms with van der Waals surface area (Å²) in [5.74, 6) is 0.535. The van der Waals surface area contributed by atoms with Gasteiger partial charge in [-0.1, -0.05) is 20.4 Å². The molecule has 1 atom stereocenters. The van der Waals surface area contributed by atoms with Crippen LogP contribution in [0, 0.1) is 6.92 Å². The van der Waals surface area contributed by atoms with E-state index in [1.807, 2.05) is 11.3 Å². The van der Waals surface area contributed by atoms with Crippen LogP contribution in [0.3, 0.4) is 0 Å². The summed E-state index contributed by atoms with van der Waals surface area (Å²) in [6.07, 6.45) is 11.1. The smallest absolute Gasteiger partial charge is 1.00 e. The van der Waals surface area contributed by atoms with E-state index >= 15 is 0 Å². The fourth-order valence-corrected chi connectivity index (χ4v) is 6.77. The Kier molecular flexibility index (Phi) is 8.29. The van der Waals surface area contributed by atoms with Gasteiger partial charge in [-0.2, -0.15) is 0 Å². The van der Waals surface area contributed by atoms with Crippen molar-refractivity contribution in [2.24, 2.45) is 0 Å². The third-order valence-electron chi connectivity index (χ3n) is 4.46. The molecule has 0 saturated heterocycles. The SMILES string of the molecule is CC1=PC2=CC=CC2=C1.Cc1ccc(C2[C]([Zr+2])=Cc3ccccc32)s1.[Cl-].[Cl-]. The second-order valence-electron chi connectivity index (χ2n) is 6.37. The second-order valence-corrected chi connectivity index (χ2v) is 10.5. The van der Waals surface area contributed by atoms with E-state index in [-0.39, 0.29) is 24.8 Å². The Morgan fingerprint density at radius 2 is 1.78 bits per heavy atom. The Bertz CT molecular complexity index is 995. The summed E-state index contributed by atoms with van der Waals surface area (Å²) in [6, 6.07) is 13.3. The van der Waals surface area contributed by atoms with Crippen LogP contribution < -0.4 is 24.8 Å². The van der Waals surface area contributed by atoms with Crippen LogP contribution in [-0.2, 0) is 24.7 Å². The van der Waals surface area contributed by atoms with Gasteiger partial charge in [-0.15, -0.1) is 0 Å². The normalized spacial score (nSPS) is 18.6. The van der Waals surface area contributed by atoms with Crippen LogP contribution in [0.5, 0.6) is 0 Å². The summed E-state index contributed by atoms with van der Waals surface area (Å²) in [5, 5.41) is 2.92. The third-order valence-corrected chi connectivity index (χ3v) is 7.72. The monoisotopic (exact) mass is 505 g/mol. The van der Waals surface area contributed by atoms with Gasteiger partial charge in [0.25, 0.3) is 0 Å². The number of halogens is 2. The number of rotatable bonds is 1. The third kappa shape index (κ3) is 4.93. The standard InChI is InChI=1S/C14H11S.C8H7P.2ClH.Zr/c1-10-6-9-14(15-10)13-8-7-11-4-2-3-5-12(11)13;1-6-5-7-3-2-4-8(7)9-6;;;/h2-7,9,13H,1H3;2-5H,1H3;2*1H;/q;;;;+2/p-2. The molecule has 135 valence electrons. The Morgan fingerprint density at radius 1 is 1.00 bits per heavy atom. The van der Waals surface area contributed by atoms with E-state index in [2.05, 4.69) is 80.6 Å². The van der Waals surface area contributed by atoms with Gasteiger partial charge in [0, 0.05) is 5.31 Å². The van der Waals surface area contributed by atoms with Crippen molar-refractivity contribution in [2.75, 3.05) is 0 Å². The molecule has 0 saturated carbocycles. The zero-order chi connectivity index (χ0) is 17.4. The molecule has 0 radical (unpaired) electrons. The Balaban J connectivity index is 0.000000205. The van der Waals surface area contributed by atoms with Crippen LogP contribution in [0.2, 0.25) is 0 Å². The number of hydrogen-bond donors (Lipinski definition) is 0. The molecule has 0 nitrogen and oxygen atoms in total. The number of allylic oxidation sites excluding steroid dienone is 7. The van der Waals surface area contributed by atoms with Crippen molar-refractivity contribution in [3.63, 3.8) is 0 Å². The molecule has 5 rings (SSSR count). The molecule has 5 heteroatoms. The van der Waals surface area contributed by atoms with E-state index in [0.717, 1.165) is 0 Å². The first-order chi connectivity index (χ1) is 12.1. The zero-order valence-electron chi connectivity index (χ0n) is 15.0. The van der Waals surface area contributed by atoms with Crippen molar-refractivity contribution in [2.45, 2.75) is 19.8 Å². The first-order valence-electron chi connectivity index (χ1n) is 8.36. The van der Waals surface area contributed by atoms with Gasteiger partial charge in [0.1, 0.15) is 0 Å². The van der Waals surface area contributed by atoms with Gasteiger partial charge in [0.15, 0.2) is 0 Å². The minimum Gasteiger partial charge on any atom is -1.00 e. The van der Waals surface area contributed by atoms with Crippen molar-refractivity contribution in [1.82, 2.24) is 0 Å². The van der Waals surface area contributed by atoms with Crippen molar-refractivity contribution < 1.29 is 49.5 Å². The van der Waals surface area contributed by atoms with Gasteiger partial charge in [0.2, 0.25) is 0 Å². The molecule has 27 heavy (non-hydrogen) atoms. The number of fused-ring (bicyclic) bond motifs is 2. The summed E-state index contributed by atoms with van der Waals surface area (Å²) in [7, 11) is 1.40. The van der Waals surface area contributed by atoms with E-state index in [1.165, 1.54) is 70.0 Å². The molecule has 1 aromatic carbocycles.